The molecule has 0 unspecified atom stereocenters. The van der Waals surface area contributed by atoms with Crippen LogP contribution in [0.25, 0.3) is 21.7 Å². The third-order valence-corrected chi connectivity index (χ3v) is 5.40. The standard InChI is InChI=1S/C20H17N5O4S/c26-14(3-1-9-21-17-8-5-12(11-22-17)25(28)29)13-6-7-15(27)19-18(13)23-20(24-19)16-4-2-10-30-16/h2,4-8,10-11,27H,1,3,9H2,(H,21,22)(H,23,24). The van der Waals surface area contributed by atoms with Crippen molar-refractivity contribution in [1.29, 1.82) is 0 Å². The first-order valence-electron chi connectivity index (χ1n) is 9.16. The van der Waals surface area contributed by atoms with Gasteiger partial charge in [-0.3, -0.25) is 14.9 Å². The number of aromatic nitrogens is 3. The lowest BCUT2D eigenvalue weighted by atomic mass is 10.0. The van der Waals surface area contributed by atoms with Crippen LogP contribution in [0.1, 0.15) is 23.2 Å². The van der Waals surface area contributed by atoms with Crippen molar-refractivity contribution in [2.45, 2.75) is 12.8 Å². The summed E-state index contributed by atoms with van der Waals surface area (Å²) in [5, 5.41) is 25.8. The summed E-state index contributed by atoms with van der Waals surface area (Å²) in [6, 6.07) is 9.80. The van der Waals surface area contributed by atoms with Crippen molar-refractivity contribution in [3.8, 4) is 16.5 Å². The number of phenols is 1. The largest absolute Gasteiger partial charge is 0.506 e. The number of rotatable bonds is 8. The van der Waals surface area contributed by atoms with Gasteiger partial charge in [-0.05, 0) is 36.1 Å². The maximum atomic E-state index is 12.7. The third kappa shape index (κ3) is 3.98. The van der Waals surface area contributed by atoms with Gasteiger partial charge in [0.25, 0.3) is 5.69 Å². The van der Waals surface area contributed by atoms with E-state index in [1.807, 2.05) is 17.5 Å². The summed E-state index contributed by atoms with van der Waals surface area (Å²) in [5.41, 5.74) is 1.27. The molecule has 0 aliphatic carbocycles. The second-order valence-corrected chi connectivity index (χ2v) is 7.48. The van der Waals surface area contributed by atoms with E-state index >= 15 is 0 Å². The lowest BCUT2D eigenvalue weighted by Gasteiger charge is -2.06. The molecule has 4 rings (SSSR count). The summed E-state index contributed by atoms with van der Waals surface area (Å²) in [7, 11) is 0. The number of aromatic amines is 1. The number of anilines is 1. The molecular weight excluding hydrogens is 406 g/mol. The van der Waals surface area contributed by atoms with Crippen LogP contribution >= 0.6 is 11.3 Å². The number of H-pyrrole nitrogens is 1. The summed E-state index contributed by atoms with van der Waals surface area (Å²) < 4.78 is 0. The summed E-state index contributed by atoms with van der Waals surface area (Å²) in [6.45, 7) is 0.485. The maximum Gasteiger partial charge on any atom is 0.287 e. The van der Waals surface area contributed by atoms with Gasteiger partial charge in [-0.1, -0.05) is 6.07 Å². The third-order valence-electron chi connectivity index (χ3n) is 4.52. The lowest BCUT2D eigenvalue weighted by Crippen LogP contribution is -2.07. The Balaban J connectivity index is 1.42. The number of phenolic OH excluding ortho intramolecular Hbond substituents is 1. The van der Waals surface area contributed by atoms with Crippen molar-refractivity contribution in [3.63, 3.8) is 0 Å². The number of benzene rings is 1. The Morgan fingerprint density at radius 3 is 2.83 bits per heavy atom. The number of pyridine rings is 1. The molecule has 0 radical (unpaired) electrons. The Hall–Kier alpha value is -3.79. The fourth-order valence-electron chi connectivity index (χ4n) is 3.03. The molecule has 30 heavy (non-hydrogen) atoms. The monoisotopic (exact) mass is 423 g/mol. The van der Waals surface area contributed by atoms with E-state index in [4.69, 9.17) is 0 Å². The zero-order valence-electron chi connectivity index (χ0n) is 15.7. The molecule has 0 atom stereocenters. The first-order valence-corrected chi connectivity index (χ1v) is 10.0. The summed E-state index contributed by atoms with van der Waals surface area (Å²) in [6.07, 6.45) is 2.01. The molecule has 4 aromatic rings. The molecule has 3 N–H and O–H groups in total. The minimum absolute atomic E-state index is 0.0442. The van der Waals surface area contributed by atoms with Gasteiger partial charge in [0, 0.05) is 24.6 Å². The summed E-state index contributed by atoms with van der Waals surface area (Å²) >= 11 is 1.52. The van der Waals surface area contributed by atoms with Gasteiger partial charge >= 0.3 is 0 Å². The highest BCUT2D eigenvalue weighted by molar-refractivity contribution is 7.13. The van der Waals surface area contributed by atoms with E-state index in [1.54, 1.807) is 6.07 Å². The van der Waals surface area contributed by atoms with Crippen molar-refractivity contribution in [2.24, 2.45) is 0 Å². The second-order valence-electron chi connectivity index (χ2n) is 6.53. The van der Waals surface area contributed by atoms with Crippen LogP contribution in [-0.4, -0.2) is 37.3 Å². The molecule has 0 amide bonds. The quantitative estimate of drug-likeness (QED) is 0.166. The molecule has 0 spiro atoms. The van der Waals surface area contributed by atoms with Crippen molar-refractivity contribution in [2.75, 3.05) is 11.9 Å². The second kappa shape index (κ2) is 8.29. The van der Waals surface area contributed by atoms with Crippen LogP contribution in [0, 0.1) is 10.1 Å². The van der Waals surface area contributed by atoms with Crippen LogP contribution in [-0.2, 0) is 0 Å². The zero-order valence-corrected chi connectivity index (χ0v) is 16.5. The Labute approximate surface area is 174 Å². The highest BCUT2D eigenvalue weighted by Crippen LogP contribution is 2.31. The highest BCUT2D eigenvalue weighted by Gasteiger charge is 2.17. The number of aromatic hydroxyl groups is 1. The Kier molecular flexibility index (Phi) is 5.40. The number of carbonyl (C=O) groups is 1. The number of hydrogen-bond acceptors (Lipinski definition) is 8. The fourth-order valence-corrected chi connectivity index (χ4v) is 3.70. The molecule has 3 aromatic heterocycles. The number of Topliss-reactive ketones (excluding diaryl/α,β-unsaturated/α-hetero) is 1. The predicted molar refractivity (Wildman–Crippen MR) is 114 cm³/mol. The normalized spacial score (nSPS) is 10.9. The molecule has 0 saturated heterocycles. The van der Waals surface area contributed by atoms with Crippen molar-refractivity contribution in [1.82, 2.24) is 15.0 Å². The predicted octanol–water partition coefficient (Wildman–Crippen LogP) is 4.38. The van der Waals surface area contributed by atoms with Gasteiger partial charge in [0.05, 0.1) is 9.80 Å². The topological polar surface area (TPSA) is 134 Å². The van der Waals surface area contributed by atoms with Crippen molar-refractivity contribution in [3.05, 3.63) is 63.7 Å². The molecule has 0 aliphatic heterocycles. The molecule has 152 valence electrons. The van der Waals surface area contributed by atoms with E-state index < -0.39 is 4.92 Å². The van der Waals surface area contributed by atoms with Gasteiger partial charge < -0.3 is 15.4 Å². The van der Waals surface area contributed by atoms with Crippen LogP contribution in [0.5, 0.6) is 5.75 Å². The number of ketones is 1. The summed E-state index contributed by atoms with van der Waals surface area (Å²) in [5.74, 6) is 1.08. The molecule has 0 aliphatic rings. The molecular formula is C20H17N5O4S. The van der Waals surface area contributed by atoms with Gasteiger partial charge in [0.2, 0.25) is 0 Å². The first-order chi connectivity index (χ1) is 14.5. The van der Waals surface area contributed by atoms with Gasteiger partial charge in [0.15, 0.2) is 5.78 Å². The van der Waals surface area contributed by atoms with E-state index in [0.29, 0.717) is 41.2 Å². The van der Waals surface area contributed by atoms with E-state index in [-0.39, 0.29) is 23.6 Å². The number of carbonyl (C=O) groups excluding carboxylic acids is 1. The number of hydrogen-bond donors (Lipinski definition) is 3. The van der Waals surface area contributed by atoms with E-state index in [1.165, 1.54) is 35.7 Å². The fraction of sp³-hybridized carbons (Fsp3) is 0.150. The molecule has 0 bridgehead atoms. The van der Waals surface area contributed by atoms with Crippen LogP contribution in [0.4, 0.5) is 11.5 Å². The molecule has 1 aromatic carbocycles. The Bertz CT molecular complexity index is 1200. The minimum atomic E-state index is -0.507. The first kappa shape index (κ1) is 19.5. The number of nitrogens with zero attached hydrogens (tertiary/aromatic N) is 3. The summed E-state index contributed by atoms with van der Waals surface area (Å²) in [4.78, 5) is 35.4. The van der Waals surface area contributed by atoms with Gasteiger partial charge in [-0.2, -0.15) is 0 Å². The molecule has 10 heteroatoms. The number of thiophene rings is 1. The van der Waals surface area contributed by atoms with Crippen LogP contribution in [0.2, 0.25) is 0 Å². The number of fused-ring (bicyclic) bond motifs is 1. The van der Waals surface area contributed by atoms with E-state index in [9.17, 15) is 20.0 Å². The van der Waals surface area contributed by atoms with Crippen LogP contribution in [0.15, 0.2) is 48.0 Å². The Morgan fingerprint density at radius 1 is 1.27 bits per heavy atom. The SMILES string of the molecule is O=C(CCCNc1ccc([N+](=O)[O-])cn1)c1ccc(O)c2[nH]c(-c3cccs3)nc12. The smallest absolute Gasteiger partial charge is 0.287 e. The number of nitrogens with one attached hydrogen (secondary N) is 2. The molecule has 9 nitrogen and oxygen atoms in total. The molecule has 0 fully saturated rings. The average Bonchev–Trinajstić information content (AvgIpc) is 3.42. The van der Waals surface area contributed by atoms with Gasteiger partial charge in [0.1, 0.15) is 34.6 Å². The van der Waals surface area contributed by atoms with Gasteiger partial charge in [-0.15, -0.1) is 11.3 Å². The van der Waals surface area contributed by atoms with E-state index in [0.717, 1.165) is 4.88 Å². The van der Waals surface area contributed by atoms with Gasteiger partial charge in [-0.25, -0.2) is 9.97 Å². The Morgan fingerprint density at radius 2 is 2.13 bits per heavy atom. The van der Waals surface area contributed by atoms with Crippen LogP contribution < -0.4 is 5.32 Å². The lowest BCUT2D eigenvalue weighted by molar-refractivity contribution is -0.385. The van der Waals surface area contributed by atoms with E-state index in [2.05, 4.69) is 20.3 Å². The zero-order chi connectivity index (χ0) is 21.1. The maximum absolute atomic E-state index is 12.7. The van der Waals surface area contributed by atoms with Crippen molar-refractivity contribution >= 4 is 39.7 Å². The minimum Gasteiger partial charge on any atom is -0.506 e. The number of nitro groups is 1. The highest BCUT2D eigenvalue weighted by atomic mass is 32.1. The average molecular weight is 423 g/mol. The van der Waals surface area contributed by atoms with Crippen molar-refractivity contribution < 1.29 is 14.8 Å². The number of imidazole rings is 1. The molecule has 0 saturated carbocycles. The molecule has 3 heterocycles. The van der Waals surface area contributed by atoms with Crippen LogP contribution in [0.3, 0.4) is 0 Å².